The third kappa shape index (κ3) is 1.99. The number of hydrogen-bond donors (Lipinski definition) is 0. The average Bonchev–Trinajstić information content (AvgIpc) is 2.39. The number of carbonyl (C=O) groups is 1. The van der Waals surface area contributed by atoms with Gasteiger partial charge in [-0.3, -0.25) is 4.79 Å². The number of aliphatic imine (C=N–C) groups is 2. The third-order valence-electron chi connectivity index (χ3n) is 2.46. The maximum absolute atomic E-state index is 11.0. The lowest BCUT2D eigenvalue weighted by molar-refractivity contribution is 0.112. The van der Waals surface area contributed by atoms with Crippen LogP contribution < -0.4 is 0 Å². The van der Waals surface area contributed by atoms with E-state index >= 15 is 0 Å². The molecular weight excluding hydrogens is 232 g/mol. The molecule has 2 aromatic carbocycles. The highest BCUT2D eigenvalue weighted by Crippen LogP contribution is 2.31. The molecule has 18 heavy (non-hydrogen) atoms. The van der Waals surface area contributed by atoms with Crippen molar-refractivity contribution in [3.63, 3.8) is 0 Å². The highest BCUT2D eigenvalue weighted by molar-refractivity contribution is 6.04. The van der Waals surface area contributed by atoms with Crippen LogP contribution >= 0.6 is 0 Å². The summed E-state index contributed by atoms with van der Waals surface area (Å²) >= 11 is 0. The summed E-state index contributed by atoms with van der Waals surface area (Å²) in [5, 5.41) is 1.19. The van der Waals surface area contributed by atoms with Gasteiger partial charge in [-0.2, -0.15) is 9.98 Å². The van der Waals surface area contributed by atoms with Crippen LogP contribution in [-0.4, -0.2) is 18.4 Å². The molecule has 0 heterocycles. The molecule has 0 aliphatic carbocycles. The third-order valence-corrected chi connectivity index (χ3v) is 2.46. The second kappa shape index (κ2) is 4.97. The zero-order valence-electron chi connectivity index (χ0n) is 9.08. The highest BCUT2D eigenvalue weighted by atomic mass is 16.1. The van der Waals surface area contributed by atoms with Gasteiger partial charge in [-0.25, -0.2) is 9.59 Å². The summed E-state index contributed by atoms with van der Waals surface area (Å²) in [4.78, 5) is 38.6. The van der Waals surface area contributed by atoms with Crippen molar-refractivity contribution in [2.45, 2.75) is 0 Å². The molecule has 0 atom stereocenters. The van der Waals surface area contributed by atoms with Crippen molar-refractivity contribution in [1.29, 1.82) is 0 Å². The maximum Gasteiger partial charge on any atom is 0.240 e. The fraction of sp³-hybridized carbons (Fsp3) is 0. The number of rotatable bonds is 3. The Morgan fingerprint density at radius 3 is 2.44 bits per heavy atom. The van der Waals surface area contributed by atoms with E-state index in [0.29, 0.717) is 28.3 Å². The molecule has 86 valence electrons. The van der Waals surface area contributed by atoms with Crippen LogP contribution in [0.4, 0.5) is 11.4 Å². The molecule has 0 N–H and O–H groups in total. The van der Waals surface area contributed by atoms with Crippen LogP contribution in [0.15, 0.2) is 40.3 Å². The molecule has 0 bridgehead atoms. The molecule has 0 amide bonds. The molecule has 0 aromatic heterocycles. The van der Waals surface area contributed by atoms with E-state index in [2.05, 4.69) is 9.98 Å². The Morgan fingerprint density at radius 2 is 1.78 bits per heavy atom. The van der Waals surface area contributed by atoms with Crippen LogP contribution in [0.5, 0.6) is 0 Å². The standard InChI is InChI=1S/C13H6N2O3/c16-6-9-4-10(14-7-17)5-12-11(9)2-1-3-13(12)15-8-18/h1-6H. The molecule has 2 aromatic rings. The number of hydrogen-bond acceptors (Lipinski definition) is 5. The summed E-state index contributed by atoms with van der Waals surface area (Å²) in [6.07, 6.45) is 3.50. The van der Waals surface area contributed by atoms with Crippen molar-refractivity contribution in [2.75, 3.05) is 0 Å². The molecule has 0 spiro atoms. The van der Waals surface area contributed by atoms with Crippen LogP contribution in [0.25, 0.3) is 10.8 Å². The lowest BCUT2D eigenvalue weighted by atomic mass is 10.0. The summed E-state index contributed by atoms with van der Waals surface area (Å²) in [7, 11) is 0. The Balaban J connectivity index is 2.91. The summed E-state index contributed by atoms with van der Waals surface area (Å²) in [6, 6.07) is 8.03. The van der Waals surface area contributed by atoms with Crippen LogP contribution in [0.1, 0.15) is 10.4 Å². The first-order valence-electron chi connectivity index (χ1n) is 4.98. The topological polar surface area (TPSA) is 75.9 Å². The van der Waals surface area contributed by atoms with Crippen molar-refractivity contribution >= 4 is 40.6 Å². The summed E-state index contributed by atoms with van der Waals surface area (Å²) in [6.45, 7) is 0. The average molecular weight is 238 g/mol. The van der Waals surface area contributed by atoms with Gasteiger partial charge in [-0.1, -0.05) is 12.1 Å². The van der Waals surface area contributed by atoms with Crippen molar-refractivity contribution < 1.29 is 14.4 Å². The summed E-state index contributed by atoms with van der Waals surface area (Å²) in [5.41, 5.74) is 1.02. The SMILES string of the molecule is O=C=Nc1cc(C=O)c2cccc(N=C=O)c2c1. The van der Waals surface area contributed by atoms with E-state index in [0.717, 1.165) is 0 Å². The molecule has 2 rings (SSSR count). The zero-order chi connectivity index (χ0) is 13.0. The monoisotopic (exact) mass is 238 g/mol. The van der Waals surface area contributed by atoms with Gasteiger partial charge < -0.3 is 0 Å². The van der Waals surface area contributed by atoms with E-state index in [9.17, 15) is 14.4 Å². The van der Waals surface area contributed by atoms with Gasteiger partial charge >= 0.3 is 0 Å². The molecule has 0 radical (unpaired) electrons. The molecule has 5 nitrogen and oxygen atoms in total. The van der Waals surface area contributed by atoms with E-state index in [1.54, 1.807) is 24.3 Å². The predicted octanol–water partition coefficient (Wildman–Crippen LogP) is 2.59. The van der Waals surface area contributed by atoms with Crippen molar-refractivity contribution in [3.8, 4) is 0 Å². The van der Waals surface area contributed by atoms with E-state index in [4.69, 9.17) is 0 Å². The predicted molar refractivity (Wildman–Crippen MR) is 64.9 cm³/mol. The molecule has 0 saturated carbocycles. The largest absolute Gasteiger partial charge is 0.298 e. The Kier molecular flexibility index (Phi) is 3.21. The molecule has 5 heteroatoms. The quantitative estimate of drug-likeness (QED) is 0.468. The van der Waals surface area contributed by atoms with Crippen molar-refractivity contribution in [3.05, 3.63) is 35.9 Å². The van der Waals surface area contributed by atoms with Crippen LogP contribution in [0.2, 0.25) is 0 Å². The fourth-order valence-corrected chi connectivity index (χ4v) is 1.74. The molecule has 0 fully saturated rings. The van der Waals surface area contributed by atoms with Gasteiger partial charge in [0.15, 0.2) is 6.29 Å². The molecule has 0 aliphatic heterocycles. The Labute approximate surface area is 101 Å². The van der Waals surface area contributed by atoms with Crippen molar-refractivity contribution in [1.82, 2.24) is 0 Å². The minimum atomic E-state index is 0.285. The lowest BCUT2D eigenvalue weighted by Gasteiger charge is -2.04. The van der Waals surface area contributed by atoms with Crippen LogP contribution in [-0.2, 0) is 9.59 Å². The van der Waals surface area contributed by atoms with Gasteiger partial charge in [0, 0.05) is 10.9 Å². The Bertz CT molecular complexity index is 724. The Morgan fingerprint density at radius 1 is 1.00 bits per heavy atom. The second-order valence-electron chi connectivity index (χ2n) is 3.43. The number of fused-ring (bicyclic) bond motifs is 1. The zero-order valence-corrected chi connectivity index (χ0v) is 9.08. The van der Waals surface area contributed by atoms with Gasteiger partial charge in [-0.15, -0.1) is 0 Å². The van der Waals surface area contributed by atoms with Gasteiger partial charge in [0.2, 0.25) is 12.2 Å². The summed E-state index contributed by atoms with van der Waals surface area (Å²) < 4.78 is 0. The second-order valence-corrected chi connectivity index (χ2v) is 3.43. The first kappa shape index (κ1) is 11.6. The molecule has 0 aliphatic rings. The van der Waals surface area contributed by atoms with E-state index in [1.807, 2.05) is 0 Å². The van der Waals surface area contributed by atoms with Gasteiger partial charge in [-0.05, 0) is 23.6 Å². The van der Waals surface area contributed by atoms with Gasteiger partial charge in [0.05, 0.1) is 11.4 Å². The van der Waals surface area contributed by atoms with Crippen LogP contribution in [0.3, 0.4) is 0 Å². The first-order valence-corrected chi connectivity index (χ1v) is 4.98. The number of nitrogens with zero attached hydrogens (tertiary/aromatic N) is 2. The molecule has 0 saturated heterocycles. The van der Waals surface area contributed by atoms with E-state index in [1.165, 1.54) is 18.2 Å². The molecule has 0 unspecified atom stereocenters. The smallest absolute Gasteiger partial charge is 0.240 e. The first-order chi connectivity index (χ1) is 8.80. The van der Waals surface area contributed by atoms with Crippen LogP contribution in [0, 0.1) is 0 Å². The van der Waals surface area contributed by atoms with E-state index < -0.39 is 0 Å². The van der Waals surface area contributed by atoms with E-state index in [-0.39, 0.29) is 5.69 Å². The molecular formula is C13H6N2O3. The Hall–Kier alpha value is -2.87. The van der Waals surface area contributed by atoms with Gasteiger partial charge in [0.1, 0.15) is 0 Å². The highest BCUT2D eigenvalue weighted by Gasteiger charge is 2.06. The fourth-order valence-electron chi connectivity index (χ4n) is 1.74. The number of isocyanates is 2. The number of carbonyl (C=O) groups excluding carboxylic acids is 3. The van der Waals surface area contributed by atoms with Gasteiger partial charge in [0.25, 0.3) is 0 Å². The van der Waals surface area contributed by atoms with Crippen molar-refractivity contribution in [2.24, 2.45) is 9.98 Å². The number of benzene rings is 2. The lowest BCUT2D eigenvalue weighted by Crippen LogP contribution is -1.84. The minimum absolute atomic E-state index is 0.285. The maximum atomic E-state index is 11.0. The normalized spacial score (nSPS) is 9.33. The minimum Gasteiger partial charge on any atom is -0.298 e. The number of aldehydes is 1. The summed E-state index contributed by atoms with van der Waals surface area (Å²) in [5.74, 6) is 0.